The summed E-state index contributed by atoms with van der Waals surface area (Å²) in [4.78, 5) is 0. The molecule has 1 N–H and O–H groups in total. The van der Waals surface area contributed by atoms with Gasteiger partial charge in [-0.3, -0.25) is 0 Å². The molecule has 0 unspecified atom stereocenters. The molecular formula is C17H17NO3. The number of ether oxygens (including phenoxy) is 2. The first-order valence-corrected chi connectivity index (χ1v) is 6.72. The molecule has 4 heteroatoms. The normalized spacial score (nSPS) is 11.5. The summed E-state index contributed by atoms with van der Waals surface area (Å²) >= 11 is 0. The van der Waals surface area contributed by atoms with Crippen LogP contribution in [-0.4, -0.2) is 12.2 Å². The van der Waals surface area contributed by atoms with Crippen LogP contribution in [0.25, 0.3) is 0 Å². The van der Waals surface area contributed by atoms with E-state index in [2.05, 4.69) is 6.07 Å². The predicted molar refractivity (Wildman–Crippen MR) is 79.5 cm³/mol. The first kappa shape index (κ1) is 14.9. The number of benzene rings is 2. The van der Waals surface area contributed by atoms with E-state index in [1.54, 1.807) is 24.3 Å². The summed E-state index contributed by atoms with van der Waals surface area (Å²) in [5, 5.41) is 19.1. The van der Waals surface area contributed by atoms with Gasteiger partial charge in [0.05, 0.1) is 24.8 Å². The molecule has 0 saturated carbocycles. The van der Waals surface area contributed by atoms with Gasteiger partial charge in [0, 0.05) is 11.6 Å². The van der Waals surface area contributed by atoms with Gasteiger partial charge in [0.25, 0.3) is 0 Å². The summed E-state index contributed by atoms with van der Waals surface area (Å²) in [7, 11) is 1.54. The van der Waals surface area contributed by atoms with E-state index in [0.29, 0.717) is 29.2 Å². The molecule has 0 radical (unpaired) electrons. The number of para-hydroxylation sites is 1. The van der Waals surface area contributed by atoms with Crippen molar-refractivity contribution in [3.8, 4) is 23.3 Å². The molecule has 0 bridgehead atoms. The monoisotopic (exact) mass is 283 g/mol. The molecule has 1 atom stereocenters. The minimum absolute atomic E-state index is 0.456. The van der Waals surface area contributed by atoms with Crippen molar-refractivity contribution >= 4 is 0 Å². The lowest BCUT2D eigenvalue weighted by Gasteiger charge is -2.15. The molecule has 0 saturated heterocycles. The third-order valence-corrected chi connectivity index (χ3v) is 3.14. The summed E-state index contributed by atoms with van der Waals surface area (Å²) < 4.78 is 11.0. The van der Waals surface area contributed by atoms with Crippen LogP contribution in [0.4, 0.5) is 0 Å². The van der Waals surface area contributed by atoms with E-state index in [1.807, 2.05) is 25.1 Å². The second-order valence-corrected chi connectivity index (χ2v) is 4.57. The van der Waals surface area contributed by atoms with Crippen molar-refractivity contribution < 1.29 is 14.6 Å². The third-order valence-electron chi connectivity index (χ3n) is 3.14. The van der Waals surface area contributed by atoms with Gasteiger partial charge in [0.2, 0.25) is 0 Å². The zero-order valence-corrected chi connectivity index (χ0v) is 12.0. The van der Waals surface area contributed by atoms with Crippen LogP contribution >= 0.6 is 0 Å². The standard InChI is InChI=1S/C17H17NO3/c1-3-16(19)15-6-4-5-7-17(15)21-14-9-12(11-18)8-13(10-14)20-2/h4-10,16,19H,3H2,1-2H3/t16-/m1/s1. The van der Waals surface area contributed by atoms with Crippen LogP contribution in [0.15, 0.2) is 42.5 Å². The first-order valence-electron chi connectivity index (χ1n) is 6.72. The summed E-state index contributed by atoms with van der Waals surface area (Å²) in [5.74, 6) is 1.63. The zero-order chi connectivity index (χ0) is 15.2. The van der Waals surface area contributed by atoms with Gasteiger partial charge in [-0.15, -0.1) is 0 Å². The van der Waals surface area contributed by atoms with Gasteiger partial charge in [-0.05, 0) is 24.6 Å². The molecule has 0 spiro atoms. The maximum absolute atomic E-state index is 10.0. The Morgan fingerprint density at radius 1 is 1.19 bits per heavy atom. The minimum atomic E-state index is -0.581. The number of methoxy groups -OCH3 is 1. The molecule has 0 aliphatic carbocycles. The fourth-order valence-corrected chi connectivity index (χ4v) is 2.01. The van der Waals surface area contributed by atoms with Crippen molar-refractivity contribution in [2.45, 2.75) is 19.4 Å². The Kier molecular flexibility index (Phi) is 4.81. The van der Waals surface area contributed by atoms with Crippen LogP contribution in [-0.2, 0) is 0 Å². The lowest BCUT2D eigenvalue weighted by molar-refractivity contribution is 0.170. The fraction of sp³-hybridized carbons (Fsp3) is 0.235. The molecule has 0 aromatic heterocycles. The van der Waals surface area contributed by atoms with E-state index in [1.165, 1.54) is 7.11 Å². The lowest BCUT2D eigenvalue weighted by Crippen LogP contribution is -1.99. The van der Waals surface area contributed by atoms with Crippen LogP contribution in [0.2, 0.25) is 0 Å². The van der Waals surface area contributed by atoms with Crippen LogP contribution in [0, 0.1) is 11.3 Å². The molecule has 0 amide bonds. The van der Waals surface area contributed by atoms with Crippen LogP contribution in [0.5, 0.6) is 17.2 Å². The molecule has 2 aromatic rings. The lowest BCUT2D eigenvalue weighted by atomic mass is 10.1. The van der Waals surface area contributed by atoms with E-state index < -0.39 is 6.10 Å². The Morgan fingerprint density at radius 2 is 1.90 bits per heavy atom. The van der Waals surface area contributed by atoms with E-state index in [0.717, 1.165) is 5.56 Å². The number of hydrogen-bond donors (Lipinski definition) is 1. The van der Waals surface area contributed by atoms with Crippen LogP contribution in [0.3, 0.4) is 0 Å². The maximum Gasteiger partial charge on any atom is 0.133 e. The molecule has 108 valence electrons. The largest absolute Gasteiger partial charge is 0.497 e. The van der Waals surface area contributed by atoms with Gasteiger partial charge in [-0.2, -0.15) is 5.26 Å². The number of nitriles is 1. The summed E-state index contributed by atoms with van der Waals surface area (Å²) in [6, 6.07) is 14.4. The molecule has 0 fully saturated rings. The molecular weight excluding hydrogens is 266 g/mol. The van der Waals surface area contributed by atoms with Crippen molar-refractivity contribution in [3.63, 3.8) is 0 Å². The Labute approximate surface area is 124 Å². The van der Waals surface area contributed by atoms with E-state index in [9.17, 15) is 5.11 Å². The highest BCUT2D eigenvalue weighted by Gasteiger charge is 2.12. The number of rotatable bonds is 5. The van der Waals surface area contributed by atoms with Crippen molar-refractivity contribution in [3.05, 3.63) is 53.6 Å². The van der Waals surface area contributed by atoms with Gasteiger partial charge >= 0.3 is 0 Å². The van der Waals surface area contributed by atoms with Gasteiger partial charge in [0.15, 0.2) is 0 Å². The smallest absolute Gasteiger partial charge is 0.133 e. The second kappa shape index (κ2) is 6.78. The Balaban J connectivity index is 2.37. The van der Waals surface area contributed by atoms with E-state index in [4.69, 9.17) is 14.7 Å². The van der Waals surface area contributed by atoms with Crippen molar-refractivity contribution in [1.82, 2.24) is 0 Å². The number of aliphatic hydroxyl groups excluding tert-OH is 1. The maximum atomic E-state index is 10.0. The van der Waals surface area contributed by atoms with Gasteiger partial charge < -0.3 is 14.6 Å². The fourth-order valence-electron chi connectivity index (χ4n) is 2.01. The minimum Gasteiger partial charge on any atom is -0.497 e. The molecule has 2 rings (SSSR count). The highest BCUT2D eigenvalue weighted by atomic mass is 16.5. The molecule has 2 aromatic carbocycles. The van der Waals surface area contributed by atoms with Gasteiger partial charge in [0.1, 0.15) is 17.2 Å². The zero-order valence-electron chi connectivity index (χ0n) is 12.0. The Bertz CT molecular complexity index is 661. The summed E-state index contributed by atoms with van der Waals surface area (Å²) in [5.41, 5.74) is 1.18. The van der Waals surface area contributed by atoms with Gasteiger partial charge in [-0.25, -0.2) is 0 Å². The number of aliphatic hydroxyl groups is 1. The third kappa shape index (κ3) is 3.53. The second-order valence-electron chi connectivity index (χ2n) is 4.57. The van der Waals surface area contributed by atoms with Crippen LogP contribution < -0.4 is 9.47 Å². The van der Waals surface area contributed by atoms with Crippen molar-refractivity contribution in [2.24, 2.45) is 0 Å². The Morgan fingerprint density at radius 3 is 2.57 bits per heavy atom. The Hall–Kier alpha value is -2.51. The summed E-state index contributed by atoms with van der Waals surface area (Å²) in [6.07, 6.45) is 0.0179. The van der Waals surface area contributed by atoms with E-state index in [-0.39, 0.29) is 0 Å². The van der Waals surface area contributed by atoms with E-state index >= 15 is 0 Å². The SMILES string of the molecule is CC[C@@H](O)c1ccccc1Oc1cc(C#N)cc(OC)c1. The van der Waals surface area contributed by atoms with Crippen molar-refractivity contribution in [1.29, 1.82) is 5.26 Å². The number of hydrogen-bond acceptors (Lipinski definition) is 4. The molecule has 21 heavy (non-hydrogen) atoms. The topological polar surface area (TPSA) is 62.5 Å². The number of nitrogens with zero attached hydrogens (tertiary/aromatic N) is 1. The average molecular weight is 283 g/mol. The average Bonchev–Trinajstić information content (AvgIpc) is 2.54. The first-order chi connectivity index (χ1) is 10.2. The highest BCUT2D eigenvalue weighted by Crippen LogP contribution is 2.32. The quantitative estimate of drug-likeness (QED) is 0.906. The summed E-state index contributed by atoms with van der Waals surface area (Å²) in [6.45, 7) is 1.90. The molecule has 0 heterocycles. The predicted octanol–water partition coefficient (Wildman–Crippen LogP) is 3.80. The van der Waals surface area contributed by atoms with Crippen LogP contribution in [0.1, 0.15) is 30.6 Å². The molecule has 0 aliphatic heterocycles. The van der Waals surface area contributed by atoms with Gasteiger partial charge in [-0.1, -0.05) is 25.1 Å². The van der Waals surface area contributed by atoms with Crippen molar-refractivity contribution in [2.75, 3.05) is 7.11 Å². The highest BCUT2D eigenvalue weighted by molar-refractivity contribution is 5.46. The molecule has 0 aliphatic rings. The molecule has 4 nitrogen and oxygen atoms in total.